The van der Waals surface area contributed by atoms with Gasteiger partial charge in [-0.1, -0.05) is 54.6 Å². The van der Waals surface area contributed by atoms with Gasteiger partial charge in [0.2, 0.25) is 5.89 Å². The van der Waals surface area contributed by atoms with Gasteiger partial charge in [0, 0.05) is 39.3 Å². The van der Waals surface area contributed by atoms with Crippen molar-refractivity contribution in [2.24, 2.45) is 0 Å². The smallest absolute Gasteiger partial charge is 0.225 e. The number of pyridine rings is 1. The molecule has 8 aromatic rings. The third-order valence-electron chi connectivity index (χ3n) is 7.05. The molecule has 0 spiro atoms. The standard InChI is InChI=1S/C33H20N4OS/c1-3-10-29-25(8-1)26-13-12-23(33-36-27-9-2-4-11-31(27)39-33)20-30(26)37(29)24-7-5-6-21(18-24)28-19-22(14-15-34-28)32-35-16-17-38-32/h1-20H. The van der Waals surface area contributed by atoms with Gasteiger partial charge in [-0.15, -0.1) is 11.3 Å². The Kier molecular flexibility index (Phi) is 4.93. The number of hydrogen-bond donors (Lipinski definition) is 0. The van der Waals surface area contributed by atoms with Crippen molar-refractivity contribution in [3.63, 3.8) is 0 Å². The van der Waals surface area contributed by atoms with Gasteiger partial charge >= 0.3 is 0 Å². The Bertz CT molecular complexity index is 2110. The van der Waals surface area contributed by atoms with Gasteiger partial charge in [-0.25, -0.2) is 9.97 Å². The number of benzene rings is 4. The fraction of sp³-hybridized carbons (Fsp3) is 0. The van der Waals surface area contributed by atoms with E-state index in [4.69, 9.17) is 9.40 Å². The molecule has 4 aromatic heterocycles. The van der Waals surface area contributed by atoms with E-state index >= 15 is 0 Å². The molecule has 0 N–H and O–H groups in total. The summed E-state index contributed by atoms with van der Waals surface area (Å²) in [5.74, 6) is 0.583. The number of para-hydroxylation sites is 2. The largest absolute Gasteiger partial charge is 0.445 e. The number of thiazole rings is 1. The predicted octanol–water partition coefficient (Wildman–Crippen LogP) is 8.78. The average Bonchev–Trinajstić information content (AvgIpc) is 3.75. The Labute approximate surface area is 227 Å². The highest BCUT2D eigenvalue weighted by Crippen LogP contribution is 2.37. The van der Waals surface area contributed by atoms with Gasteiger partial charge in [0.1, 0.15) is 11.3 Å². The summed E-state index contributed by atoms with van der Waals surface area (Å²) in [5.41, 5.74) is 8.31. The summed E-state index contributed by atoms with van der Waals surface area (Å²) in [5, 5.41) is 3.46. The monoisotopic (exact) mass is 520 g/mol. The van der Waals surface area contributed by atoms with Crippen LogP contribution in [0.15, 0.2) is 126 Å². The summed E-state index contributed by atoms with van der Waals surface area (Å²) in [7, 11) is 0. The van der Waals surface area contributed by atoms with E-state index in [-0.39, 0.29) is 0 Å². The molecule has 0 aliphatic heterocycles. The van der Waals surface area contributed by atoms with E-state index in [1.54, 1.807) is 30.0 Å². The second-order valence-electron chi connectivity index (χ2n) is 9.39. The SMILES string of the molecule is c1cc(-c2cc(-c3ncco3)ccn2)cc(-n2c3ccccc3c3ccc(-c4nc5ccccc5s4)cc32)c1. The van der Waals surface area contributed by atoms with Crippen LogP contribution in [-0.2, 0) is 0 Å². The molecule has 0 aliphatic rings. The number of oxazole rings is 1. The maximum Gasteiger partial charge on any atom is 0.225 e. The molecule has 5 nitrogen and oxygen atoms in total. The molecule has 0 saturated heterocycles. The van der Waals surface area contributed by atoms with E-state index in [1.807, 2.05) is 18.2 Å². The van der Waals surface area contributed by atoms with Crippen molar-refractivity contribution in [2.45, 2.75) is 0 Å². The minimum atomic E-state index is 0.583. The highest BCUT2D eigenvalue weighted by Gasteiger charge is 2.15. The lowest BCUT2D eigenvalue weighted by Crippen LogP contribution is -1.95. The first kappa shape index (κ1) is 22.0. The lowest BCUT2D eigenvalue weighted by atomic mass is 10.1. The lowest BCUT2D eigenvalue weighted by molar-refractivity contribution is 0.574. The zero-order valence-electron chi connectivity index (χ0n) is 20.7. The predicted molar refractivity (Wildman–Crippen MR) is 158 cm³/mol. The maximum absolute atomic E-state index is 5.51. The van der Waals surface area contributed by atoms with Crippen LogP contribution in [0.25, 0.3) is 71.0 Å². The fourth-order valence-electron chi connectivity index (χ4n) is 5.27. The highest BCUT2D eigenvalue weighted by molar-refractivity contribution is 7.21. The van der Waals surface area contributed by atoms with Crippen LogP contribution in [0.3, 0.4) is 0 Å². The molecular formula is C33H20N4OS. The van der Waals surface area contributed by atoms with Gasteiger partial charge in [0.05, 0.1) is 33.1 Å². The fourth-order valence-corrected chi connectivity index (χ4v) is 6.23. The van der Waals surface area contributed by atoms with Gasteiger partial charge in [0.25, 0.3) is 0 Å². The Morgan fingerprint density at radius 2 is 1.54 bits per heavy atom. The number of fused-ring (bicyclic) bond motifs is 4. The molecule has 0 unspecified atom stereocenters. The molecule has 6 heteroatoms. The van der Waals surface area contributed by atoms with Gasteiger partial charge in [-0.05, 0) is 48.5 Å². The lowest BCUT2D eigenvalue weighted by Gasteiger charge is -2.11. The van der Waals surface area contributed by atoms with Crippen molar-refractivity contribution >= 4 is 43.4 Å². The third kappa shape index (κ3) is 3.65. The van der Waals surface area contributed by atoms with Gasteiger partial charge < -0.3 is 8.98 Å². The van der Waals surface area contributed by atoms with Gasteiger partial charge in [-0.3, -0.25) is 4.98 Å². The first-order valence-corrected chi connectivity index (χ1v) is 13.5. The normalized spacial score (nSPS) is 11.6. The number of hydrogen-bond acceptors (Lipinski definition) is 5. The van der Waals surface area contributed by atoms with E-state index in [2.05, 4.69) is 99.5 Å². The number of aromatic nitrogens is 4. The topological polar surface area (TPSA) is 56.7 Å². The second-order valence-corrected chi connectivity index (χ2v) is 10.4. The molecule has 4 heterocycles. The van der Waals surface area contributed by atoms with Crippen LogP contribution in [-0.4, -0.2) is 19.5 Å². The van der Waals surface area contributed by atoms with Gasteiger partial charge in [0.15, 0.2) is 0 Å². The number of nitrogens with zero attached hydrogens (tertiary/aromatic N) is 4. The van der Waals surface area contributed by atoms with E-state index in [9.17, 15) is 0 Å². The molecule has 0 aliphatic carbocycles. The van der Waals surface area contributed by atoms with Crippen LogP contribution in [0.2, 0.25) is 0 Å². The molecule has 0 radical (unpaired) electrons. The van der Waals surface area contributed by atoms with Crippen molar-refractivity contribution in [1.82, 2.24) is 19.5 Å². The Morgan fingerprint density at radius 1 is 0.641 bits per heavy atom. The molecule has 4 aromatic carbocycles. The van der Waals surface area contributed by atoms with E-state index in [0.717, 1.165) is 49.6 Å². The van der Waals surface area contributed by atoms with Crippen LogP contribution < -0.4 is 0 Å². The van der Waals surface area contributed by atoms with E-state index < -0.39 is 0 Å². The highest BCUT2D eigenvalue weighted by atomic mass is 32.1. The van der Waals surface area contributed by atoms with Crippen molar-refractivity contribution in [2.75, 3.05) is 0 Å². The minimum Gasteiger partial charge on any atom is -0.445 e. The number of rotatable bonds is 4. The summed E-state index contributed by atoms with van der Waals surface area (Å²) in [6.07, 6.45) is 5.04. The zero-order chi connectivity index (χ0) is 25.8. The summed E-state index contributed by atoms with van der Waals surface area (Å²) >= 11 is 1.73. The van der Waals surface area contributed by atoms with Gasteiger partial charge in [-0.2, -0.15) is 0 Å². The Balaban J connectivity index is 1.31. The van der Waals surface area contributed by atoms with Crippen molar-refractivity contribution in [1.29, 1.82) is 0 Å². The molecule has 8 rings (SSSR count). The average molecular weight is 521 g/mol. The molecule has 0 atom stereocenters. The quantitative estimate of drug-likeness (QED) is 0.233. The van der Waals surface area contributed by atoms with E-state index in [0.29, 0.717) is 5.89 Å². The van der Waals surface area contributed by atoms with Crippen molar-refractivity contribution in [3.8, 4) is 39.0 Å². The summed E-state index contributed by atoms with van der Waals surface area (Å²) in [6.45, 7) is 0. The summed E-state index contributed by atoms with van der Waals surface area (Å²) in [4.78, 5) is 13.9. The first-order chi connectivity index (χ1) is 19.3. The molecule has 184 valence electrons. The molecule has 0 saturated carbocycles. The third-order valence-corrected chi connectivity index (χ3v) is 8.14. The Hall–Kier alpha value is -5.07. The molecule has 0 amide bonds. The van der Waals surface area contributed by atoms with Crippen LogP contribution in [0.5, 0.6) is 0 Å². The Morgan fingerprint density at radius 3 is 2.46 bits per heavy atom. The summed E-state index contributed by atoms with van der Waals surface area (Å²) < 4.78 is 9.04. The van der Waals surface area contributed by atoms with Crippen LogP contribution in [0.4, 0.5) is 0 Å². The van der Waals surface area contributed by atoms with Crippen molar-refractivity contribution < 1.29 is 4.42 Å². The van der Waals surface area contributed by atoms with E-state index in [1.165, 1.54) is 15.5 Å². The molecular weight excluding hydrogens is 500 g/mol. The second kappa shape index (κ2) is 8.75. The maximum atomic E-state index is 5.51. The molecule has 39 heavy (non-hydrogen) atoms. The zero-order valence-corrected chi connectivity index (χ0v) is 21.5. The van der Waals surface area contributed by atoms with Crippen molar-refractivity contribution in [3.05, 3.63) is 122 Å². The van der Waals surface area contributed by atoms with Crippen LogP contribution >= 0.6 is 11.3 Å². The molecule has 0 fully saturated rings. The minimum absolute atomic E-state index is 0.583. The molecule has 0 bridgehead atoms. The summed E-state index contributed by atoms with van der Waals surface area (Å²) in [6, 6.07) is 36.0. The van der Waals surface area contributed by atoms with Crippen LogP contribution in [0, 0.1) is 0 Å². The van der Waals surface area contributed by atoms with Crippen LogP contribution in [0.1, 0.15) is 0 Å². The first-order valence-electron chi connectivity index (χ1n) is 12.7.